The second-order valence-electron chi connectivity index (χ2n) is 5.98. The summed E-state index contributed by atoms with van der Waals surface area (Å²) in [5.41, 5.74) is 0.353. The van der Waals surface area contributed by atoms with Crippen LogP contribution in [0.2, 0.25) is 0 Å². The van der Waals surface area contributed by atoms with Crippen LogP contribution < -0.4 is 5.32 Å². The number of nitrogens with zero attached hydrogens (tertiary/aromatic N) is 1. The van der Waals surface area contributed by atoms with Crippen LogP contribution in [0.3, 0.4) is 0 Å². The first-order chi connectivity index (χ1) is 9.21. The van der Waals surface area contributed by atoms with E-state index in [9.17, 15) is 0 Å². The third-order valence-corrected chi connectivity index (χ3v) is 4.75. The summed E-state index contributed by atoms with van der Waals surface area (Å²) in [6, 6.07) is 0.735. The van der Waals surface area contributed by atoms with Gasteiger partial charge in [0, 0.05) is 38.4 Å². The van der Waals surface area contributed by atoms with Crippen LogP contribution in [0.1, 0.15) is 59.3 Å². The highest BCUT2D eigenvalue weighted by molar-refractivity contribution is 4.96. The first-order valence-corrected chi connectivity index (χ1v) is 8.19. The molecule has 0 aromatic heterocycles. The normalized spacial score (nSPS) is 23.7. The molecule has 0 aliphatic carbocycles. The predicted molar refractivity (Wildman–Crippen MR) is 82.7 cm³/mol. The largest absolute Gasteiger partial charge is 0.385 e. The molecule has 0 saturated carbocycles. The average molecular weight is 270 g/mol. The molecule has 1 heterocycles. The van der Waals surface area contributed by atoms with Crippen molar-refractivity contribution in [3.8, 4) is 0 Å². The third-order valence-electron chi connectivity index (χ3n) is 4.75. The van der Waals surface area contributed by atoms with E-state index in [0.29, 0.717) is 5.54 Å². The van der Waals surface area contributed by atoms with Gasteiger partial charge in [-0.2, -0.15) is 0 Å². The van der Waals surface area contributed by atoms with Crippen LogP contribution in [0, 0.1) is 0 Å². The van der Waals surface area contributed by atoms with Gasteiger partial charge in [0.25, 0.3) is 0 Å². The van der Waals surface area contributed by atoms with E-state index in [2.05, 4.69) is 31.0 Å². The molecule has 0 aromatic carbocycles. The number of rotatable bonds is 9. The zero-order valence-corrected chi connectivity index (χ0v) is 13.5. The fourth-order valence-electron chi connectivity index (χ4n) is 3.20. The Morgan fingerprint density at radius 2 is 1.95 bits per heavy atom. The van der Waals surface area contributed by atoms with Gasteiger partial charge in [-0.1, -0.05) is 27.2 Å². The fraction of sp³-hybridized carbons (Fsp3) is 1.00. The van der Waals surface area contributed by atoms with Gasteiger partial charge >= 0.3 is 0 Å². The number of ether oxygens (including phenoxy) is 1. The lowest BCUT2D eigenvalue weighted by Gasteiger charge is -2.47. The second-order valence-corrected chi connectivity index (χ2v) is 5.98. The summed E-state index contributed by atoms with van der Waals surface area (Å²) in [7, 11) is 1.80. The third kappa shape index (κ3) is 5.05. The molecule has 1 fully saturated rings. The maximum atomic E-state index is 5.16. The average Bonchev–Trinajstić information content (AvgIpc) is 2.45. The van der Waals surface area contributed by atoms with Gasteiger partial charge in [0.15, 0.2) is 0 Å². The topological polar surface area (TPSA) is 24.5 Å². The molecule has 3 heteroatoms. The molecule has 1 saturated heterocycles. The Bertz CT molecular complexity index is 229. The zero-order valence-electron chi connectivity index (χ0n) is 13.5. The standard InChI is InChI=1S/C16H34N2O/c1-5-10-15-13-17-16(6-2,7-3)14-18(15)11-8-9-12-19-4/h15,17H,5-14H2,1-4H3. The van der Waals surface area contributed by atoms with Crippen molar-refractivity contribution in [1.82, 2.24) is 10.2 Å². The molecule has 0 aromatic rings. The van der Waals surface area contributed by atoms with E-state index in [4.69, 9.17) is 4.74 Å². The lowest BCUT2D eigenvalue weighted by atomic mass is 9.87. The minimum absolute atomic E-state index is 0.353. The van der Waals surface area contributed by atoms with E-state index >= 15 is 0 Å². The highest BCUT2D eigenvalue weighted by Gasteiger charge is 2.35. The Morgan fingerprint density at radius 3 is 2.53 bits per heavy atom. The van der Waals surface area contributed by atoms with Gasteiger partial charge in [-0.3, -0.25) is 4.90 Å². The number of hydrogen-bond acceptors (Lipinski definition) is 3. The quantitative estimate of drug-likeness (QED) is 0.652. The van der Waals surface area contributed by atoms with E-state index in [1.165, 1.54) is 58.2 Å². The maximum Gasteiger partial charge on any atom is 0.0462 e. The van der Waals surface area contributed by atoms with E-state index in [0.717, 1.165) is 12.6 Å². The molecule has 0 amide bonds. The molecular weight excluding hydrogens is 236 g/mol. The van der Waals surface area contributed by atoms with Gasteiger partial charge in [-0.05, 0) is 38.6 Å². The van der Waals surface area contributed by atoms with Crippen LogP contribution in [-0.4, -0.2) is 49.8 Å². The van der Waals surface area contributed by atoms with E-state index in [-0.39, 0.29) is 0 Å². The van der Waals surface area contributed by atoms with Crippen LogP contribution in [0.25, 0.3) is 0 Å². The number of hydrogen-bond donors (Lipinski definition) is 1. The summed E-state index contributed by atoms with van der Waals surface area (Å²) in [6.07, 6.45) is 7.52. The van der Waals surface area contributed by atoms with Crippen LogP contribution >= 0.6 is 0 Å². The molecule has 1 atom stereocenters. The van der Waals surface area contributed by atoms with E-state index < -0.39 is 0 Å². The van der Waals surface area contributed by atoms with Crippen molar-refractivity contribution in [2.24, 2.45) is 0 Å². The van der Waals surface area contributed by atoms with Crippen LogP contribution in [0.5, 0.6) is 0 Å². The minimum atomic E-state index is 0.353. The van der Waals surface area contributed by atoms with Crippen LogP contribution in [0.15, 0.2) is 0 Å². The number of nitrogens with one attached hydrogen (secondary N) is 1. The number of piperazine rings is 1. The minimum Gasteiger partial charge on any atom is -0.385 e. The molecule has 1 aliphatic heterocycles. The summed E-state index contributed by atoms with van der Waals surface area (Å²) in [4.78, 5) is 2.74. The Hall–Kier alpha value is -0.120. The van der Waals surface area contributed by atoms with Crippen LogP contribution in [-0.2, 0) is 4.74 Å². The van der Waals surface area contributed by atoms with Crippen LogP contribution in [0.4, 0.5) is 0 Å². The Kier molecular flexibility index (Phi) is 7.96. The summed E-state index contributed by atoms with van der Waals surface area (Å²) < 4.78 is 5.16. The molecule has 1 N–H and O–H groups in total. The molecule has 1 aliphatic rings. The van der Waals surface area contributed by atoms with E-state index in [1.807, 2.05) is 0 Å². The molecule has 19 heavy (non-hydrogen) atoms. The smallest absolute Gasteiger partial charge is 0.0462 e. The lowest BCUT2D eigenvalue weighted by molar-refractivity contribution is 0.0644. The van der Waals surface area contributed by atoms with Gasteiger partial charge in [0.05, 0.1) is 0 Å². The van der Waals surface area contributed by atoms with Gasteiger partial charge in [-0.15, -0.1) is 0 Å². The Labute approximate surface area is 120 Å². The van der Waals surface area contributed by atoms with Crippen molar-refractivity contribution in [1.29, 1.82) is 0 Å². The fourth-order valence-corrected chi connectivity index (χ4v) is 3.20. The van der Waals surface area contributed by atoms with Crippen molar-refractivity contribution in [2.75, 3.05) is 33.4 Å². The molecular formula is C16H34N2O. The molecule has 0 spiro atoms. The summed E-state index contributed by atoms with van der Waals surface area (Å²) >= 11 is 0. The summed E-state index contributed by atoms with van der Waals surface area (Å²) in [6.45, 7) is 11.5. The van der Waals surface area contributed by atoms with Gasteiger partial charge in [-0.25, -0.2) is 0 Å². The maximum absolute atomic E-state index is 5.16. The second kappa shape index (κ2) is 8.93. The number of unbranched alkanes of at least 4 members (excludes halogenated alkanes) is 1. The van der Waals surface area contributed by atoms with Gasteiger partial charge in [0.1, 0.15) is 0 Å². The monoisotopic (exact) mass is 270 g/mol. The van der Waals surface area contributed by atoms with Crippen molar-refractivity contribution < 1.29 is 4.74 Å². The van der Waals surface area contributed by atoms with Gasteiger partial charge < -0.3 is 10.1 Å². The zero-order chi connectivity index (χ0) is 14.1. The first kappa shape index (κ1) is 16.9. The SMILES string of the molecule is CCCC1CNC(CC)(CC)CN1CCCCOC. The highest BCUT2D eigenvalue weighted by Crippen LogP contribution is 2.24. The molecule has 1 unspecified atom stereocenters. The number of methoxy groups -OCH3 is 1. The molecule has 0 bridgehead atoms. The molecule has 3 nitrogen and oxygen atoms in total. The van der Waals surface area contributed by atoms with Crippen molar-refractivity contribution >= 4 is 0 Å². The first-order valence-electron chi connectivity index (χ1n) is 8.19. The van der Waals surface area contributed by atoms with E-state index in [1.54, 1.807) is 7.11 Å². The summed E-state index contributed by atoms with van der Waals surface area (Å²) in [5, 5.41) is 3.83. The predicted octanol–water partition coefficient (Wildman–Crippen LogP) is 3.05. The highest BCUT2D eigenvalue weighted by atomic mass is 16.5. The van der Waals surface area contributed by atoms with Gasteiger partial charge in [0.2, 0.25) is 0 Å². The Morgan fingerprint density at radius 1 is 1.21 bits per heavy atom. The Balaban J connectivity index is 2.52. The van der Waals surface area contributed by atoms with Crippen molar-refractivity contribution in [2.45, 2.75) is 70.9 Å². The van der Waals surface area contributed by atoms with Crippen molar-refractivity contribution in [3.05, 3.63) is 0 Å². The lowest BCUT2D eigenvalue weighted by Crippen LogP contribution is -2.63. The molecule has 0 radical (unpaired) electrons. The summed E-state index contributed by atoms with van der Waals surface area (Å²) in [5.74, 6) is 0. The molecule has 1 rings (SSSR count). The molecule has 114 valence electrons. The van der Waals surface area contributed by atoms with Crippen molar-refractivity contribution in [3.63, 3.8) is 0 Å².